The van der Waals surface area contributed by atoms with Crippen molar-refractivity contribution in [3.63, 3.8) is 0 Å². The lowest BCUT2D eigenvalue weighted by Crippen LogP contribution is -2.14. The molecule has 164 valence electrons. The van der Waals surface area contributed by atoms with E-state index in [-0.39, 0.29) is 25.1 Å². The molecule has 1 N–H and O–H groups in total. The second-order valence-corrected chi connectivity index (χ2v) is 7.54. The van der Waals surface area contributed by atoms with Gasteiger partial charge >= 0.3 is 0 Å². The van der Waals surface area contributed by atoms with Gasteiger partial charge in [-0.05, 0) is 50.1 Å². The number of rotatable bonds is 8. The molecule has 0 aliphatic rings. The maximum absolute atomic E-state index is 12.5. The van der Waals surface area contributed by atoms with Gasteiger partial charge in [-0.1, -0.05) is 35.9 Å². The van der Waals surface area contributed by atoms with Crippen LogP contribution in [0.2, 0.25) is 0 Å². The third-order valence-electron chi connectivity index (χ3n) is 4.89. The first-order valence-electron chi connectivity index (χ1n) is 10.2. The predicted molar refractivity (Wildman–Crippen MR) is 121 cm³/mol. The Morgan fingerprint density at radius 1 is 0.938 bits per heavy atom. The standard InChI is InChI=1S/C24H25N5O3/c1-17-8-9-23(19(3)12-17)32-16-29-14-20(13-25-29)26-24(30)21-10-11-28(27-21)15-31-22-7-5-4-6-18(22)2/h4-14H,15-16H2,1-3H3,(H,26,30). The largest absolute Gasteiger partial charge is 0.471 e. The van der Waals surface area contributed by atoms with Crippen molar-refractivity contribution in [2.45, 2.75) is 34.2 Å². The Kier molecular flexibility index (Phi) is 6.21. The van der Waals surface area contributed by atoms with Crippen molar-refractivity contribution in [1.29, 1.82) is 0 Å². The molecule has 2 heterocycles. The summed E-state index contributed by atoms with van der Waals surface area (Å²) in [6.07, 6.45) is 4.98. The first-order chi connectivity index (χ1) is 15.5. The summed E-state index contributed by atoms with van der Waals surface area (Å²) in [5.74, 6) is 1.26. The molecule has 4 rings (SSSR count). The van der Waals surface area contributed by atoms with Gasteiger partial charge in [-0.15, -0.1) is 0 Å². The van der Waals surface area contributed by atoms with Crippen LogP contribution in [0.4, 0.5) is 5.69 Å². The highest BCUT2D eigenvalue weighted by Gasteiger charge is 2.12. The van der Waals surface area contributed by atoms with E-state index in [2.05, 4.69) is 21.6 Å². The summed E-state index contributed by atoms with van der Waals surface area (Å²) in [5.41, 5.74) is 4.13. The van der Waals surface area contributed by atoms with Crippen LogP contribution in [0.25, 0.3) is 0 Å². The van der Waals surface area contributed by atoms with E-state index in [0.29, 0.717) is 5.69 Å². The third-order valence-corrected chi connectivity index (χ3v) is 4.89. The number of carbonyl (C=O) groups excluding carboxylic acids is 1. The van der Waals surface area contributed by atoms with Crippen molar-refractivity contribution in [2.24, 2.45) is 0 Å². The number of aryl methyl sites for hydroxylation is 3. The van der Waals surface area contributed by atoms with E-state index < -0.39 is 0 Å². The molecule has 0 bridgehead atoms. The predicted octanol–water partition coefficient (Wildman–Crippen LogP) is 4.33. The third kappa shape index (κ3) is 5.15. The summed E-state index contributed by atoms with van der Waals surface area (Å²) >= 11 is 0. The van der Waals surface area contributed by atoms with Crippen molar-refractivity contribution in [3.8, 4) is 11.5 Å². The number of anilines is 1. The molecule has 0 radical (unpaired) electrons. The molecule has 2 aromatic carbocycles. The van der Waals surface area contributed by atoms with Gasteiger partial charge in [-0.25, -0.2) is 9.36 Å². The van der Waals surface area contributed by atoms with Crippen molar-refractivity contribution >= 4 is 11.6 Å². The normalized spacial score (nSPS) is 10.7. The topological polar surface area (TPSA) is 83.2 Å². The first kappa shape index (κ1) is 21.2. The Bertz CT molecular complexity index is 1230. The van der Waals surface area contributed by atoms with Gasteiger partial charge in [0.25, 0.3) is 5.91 Å². The van der Waals surface area contributed by atoms with E-state index in [4.69, 9.17) is 9.47 Å². The highest BCUT2D eigenvalue weighted by Crippen LogP contribution is 2.19. The number of nitrogens with zero attached hydrogens (tertiary/aromatic N) is 4. The van der Waals surface area contributed by atoms with E-state index in [1.165, 1.54) is 5.56 Å². The molecule has 4 aromatic rings. The molecule has 1 amide bonds. The van der Waals surface area contributed by atoms with Gasteiger partial charge < -0.3 is 14.8 Å². The van der Waals surface area contributed by atoms with Crippen LogP contribution in [-0.2, 0) is 13.5 Å². The number of amides is 1. The number of hydrogen-bond donors (Lipinski definition) is 1. The minimum atomic E-state index is -0.325. The van der Waals surface area contributed by atoms with Crippen LogP contribution in [-0.4, -0.2) is 25.5 Å². The number of aromatic nitrogens is 4. The second-order valence-electron chi connectivity index (χ2n) is 7.54. The lowest BCUT2D eigenvalue weighted by molar-refractivity contribution is 0.102. The molecule has 0 saturated heterocycles. The second kappa shape index (κ2) is 9.38. The molecule has 32 heavy (non-hydrogen) atoms. The van der Waals surface area contributed by atoms with E-state index in [1.54, 1.807) is 34.0 Å². The van der Waals surface area contributed by atoms with Crippen LogP contribution in [0.5, 0.6) is 11.5 Å². The van der Waals surface area contributed by atoms with Gasteiger partial charge in [0.1, 0.15) is 11.5 Å². The molecular formula is C24H25N5O3. The van der Waals surface area contributed by atoms with Crippen molar-refractivity contribution in [1.82, 2.24) is 19.6 Å². The van der Waals surface area contributed by atoms with Gasteiger partial charge in [0.2, 0.25) is 0 Å². The van der Waals surface area contributed by atoms with Crippen LogP contribution in [0.15, 0.2) is 67.1 Å². The average Bonchev–Trinajstić information content (AvgIpc) is 3.42. The lowest BCUT2D eigenvalue weighted by Gasteiger charge is -2.09. The molecule has 2 aromatic heterocycles. The number of benzene rings is 2. The summed E-state index contributed by atoms with van der Waals surface area (Å²) in [6, 6.07) is 15.4. The fourth-order valence-corrected chi connectivity index (χ4v) is 3.20. The van der Waals surface area contributed by atoms with Crippen LogP contribution >= 0.6 is 0 Å². The molecule has 0 atom stereocenters. The van der Waals surface area contributed by atoms with Crippen LogP contribution in [0.3, 0.4) is 0 Å². The van der Waals surface area contributed by atoms with Gasteiger partial charge in [0.15, 0.2) is 19.2 Å². The maximum atomic E-state index is 12.5. The summed E-state index contributed by atoms with van der Waals surface area (Å²) < 4.78 is 14.8. The average molecular weight is 431 g/mol. The Morgan fingerprint density at radius 3 is 2.47 bits per heavy atom. The smallest absolute Gasteiger partial charge is 0.276 e. The fourth-order valence-electron chi connectivity index (χ4n) is 3.20. The van der Waals surface area contributed by atoms with E-state index in [1.807, 2.05) is 57.2 Å². The zero-order valence-corrected chi connectivity index (χ0v) is 18.3. The quantitative estimate of drug-likeness (QED) is 0.449. The van der Waals surface area contributed by atoms with Crippen molar-refractivity contribution in [2.75, 3.05) is 5.32 Å². The zero-order chi connectivity index (χ0) is 22.5. The number of ether oxygens (including phenoxy) is 2. The molecular weight excluding hydrogens is 406 g/mol. The molecule has 0 aliphatic heterocycles. The summed E-state index contributed by atoms with van der Waals surface area (Å²) in [7, 11) is 0. The molecule has 0 aliphatic carbocycles. The van der Waals surface area contributed by atoms with Crippen LogP contribution in [0.1, 0.15) is 27.2 Å². The highest BCUT2D eigenvalue weighted by molar-refractivity contribution is 6.02. The van der Waals surface area contributed by atoms with Crippen molar-refractivity contribution < 1.29 is 14.3 Å². The molecule has 8 nitrogen and oxygen atoms in total. The van der Waals surface area contributed by atoms with Crippen LogP contribution < -0.4 is 14.8 Å². The molecule has 0 spiro atoms. The first-order valence-corrected chi connectivity index (χ1v) is 10.2. The molecule has 0 unspecified atom stereocenters. The maximum Gasteiger partial charge on any atom is 0.276 e. The molecule has 8 heteroatoms. The van der Waals surface area contributed by atoms with Gasteiger partial charge in [-0.2, -0.15) is 10.2 Å². The van der Waals surface area contributed by atoms with E-state index in [0.717, 1.165) is 22.6 Å². The fraction of sp³-hybridized carbons (Fsp3) is 0.208. The van der Waals surface area contributed by atoms with Gasteiger partial charge in [0.05, 0.1) is 18.1 Å². The Labute approximate surface area is 186 Å². The monoisotopic (exact) mass is 431 g/mol. The van der Waals surface area contributed by atoms with Crippen LogP contribution in [0, 0.1) is 20.8 Å². The number of para-hydroxylation sites is 1. The van der Waals surface area contributed by atoms with E-state index >= 15 is 0 Å². The minimum Gasteiger partial charge on any atom is -0.471 e. The highest BCUT2D eigenvalue weighted by atomic mass is 16.5. The summed E-state index contributed by atoms with van der Waals surface area (Å²) in [6.45, 7) is 6.47. The Morgan fingerprint density at radius 2 is 1.69 bits per heavy atom. The van der Waals surface area contributed by atoms with Crippen molar-refractivity contribution in [3.05, 3.63) is 89.5 Å². The Hall–Kier alpha value is -4.07. The number of nitrogens with one attached hydrogen (secondary N) is 1. The minimum absolute atomic E-state index is 0.214. The summed E-state index contributed by atoms with van der Waals surface area (Å²) in [4.78, 5) is 12.5. The van der Waals surface area contributed by atoms with Gasteiger partial charge in [-0.3, -0.25) is 4.79 Å². The van der Waals surface area contributed by atoms with E-state index in [9.17, 15) is 4.79 Å². The zero-order valence-electron chi connectivity index (χ0n) is 18.3. The SMILES string of the molecule is Cc1ccc(OCn2cc(NC(=O)c3ccn(COc4ccccc4C)n3)cn2)c(C)c1. The van der Waals surface area contributed by atoms with Gasteiger partial charge in [0, 0.05) is 6.20 Å². The number of carbonyl (C=O) groups is 1. The Balaban J connectivity index is 1.31. The summed E-state index contributed by atoms with van der Waals surface area (Å²) in [5, 5.41) is 11.3. The molecule has 0 fully saturated rings. The molecule has 0 saturated carbocycles. The lowest BCUT2D eigenvalue weighted by atomic mass is 10.1. The number of hydrogen-bond acceptors (Lipinski definition) is 5.